The molecule has 0 radical (unpaired) electrons. The molecule has 1 heterocycles. The standard InChI is InChI=1S/C18H27N3O8/c19-21-20-6-8-26-9-10-27-13-3-1-12(2-4-13)5-7-28-18-17(25)16(24)15(23)14(11-22)29-18/h1-4,14-18,22-25H,5-11H2/t14-,15-,16+,17-,18-/m1/s1. The van der Waals surface area contributed by atoms with E-state index in [-0.39, 0.29) is 13.2 Å². The summed E-state index contributed by atoms with van der Waals surface area (Å²) in [4.78, 5) is 2.63. The van der Waals surface area contributed by atoms with Crippen LogP contribution in [-0.4, -0.2) is 90.7 Å². The minimum absolute atomic E-state index is 0.210. The molecule has 0 aliphatic carbocycles. The second-order valence-corrected chi connectivity index (χ2v) is 6.38. The maximum atomic E-state index is 9.93. The Morgan fingerprint density at radius 3 is 2.45 bits per heavy atom. The number of azide groups is 1. The molecule has 0 bridgehead atoms. The lowest BCUT2D eigenvalue weighted by Gasteiger charge is -2.39. The van der Waals surface area contributed by atoms with Crippen molar-refractivity contribution in [3.8, 4) is 5.75 Å². The van der Waals surface area contributed by atoms with Gasteiger partial charge < -0.3 is 39.4 Å². The zero-order valence-electron chi connectivity index (χ0n) is 15.9. The third-order valence-electron chi connectivity index (χ3n) is 4.34. The van der Waals surface area contributed by atoms with Crippen molar-refractivity contribution in [2.24, 2.45) is 5.11 Å². The lowest BCUT2D eigenvalue weighted by molar-refractivity contribution is -0.300. The number of aliphatic hydroxyl groups is 4. The molecule has 0 saturated carbocycles. The van der Waals surface area contributed by atoms with E-state index in [0.29, 0.717) is 32.0 Å². The van der Waals surface area contributed by atoms with Crippen LogP contribution in [0.15, 0.2) is 29.4 Å². The molecule has 0 spiro atoms. The molecule has 1 aliphatic rings. The maximum absolute atomic E-state index is 9.93. The molecule has 162 valence electrons. The highest BCUT2D eigenvalue weighted by atomic mass is 16.7. The number of ether oxygens (including phenoxy) is 4. The fraction of sp³-hybridized carbons (Fsp3) is 0.667. The first-order valence-electron chi connectivity index (χ1n) is 9.29. The molecule has 29 heavy (non-hydrogen) atoms. The zero-order chi connectivity index (χ0) is 21.1. The predicted molar refractivity (Wildman–Crippen MR) is 100 cm³/mol. The van der Waals surface area contributed by atoms with Crippen LogP contribution in [0, 0.1) is 0 Å². The summed E-state index contributed by atoms with van der Waals surface area (Å²) in [6, 6.07) is 7.36. The van der Waals surface area contributed by atoms with Crippen molar-refractivity contribution in [3.05, 3.63) is 40.3 Å². The van der Waals surface area contributed by atoms with E-state index >= 15 is 0 Å². The Hall–Kier alpha value is -1.95. The Labute approximate surface area is 168 Å². The molecule has 2 rings (SSSR count). The lowest BCUT2D eigenvalue weighted by Crippen LogP contribution is -2.59. The SMILES string of the molecule is [N-]=[N+]=NCCOCCOc1ccc(CCO[C@@H]2O[C@H](CO)[C@@H](O)[C@H](O)[C@H]2O)cc1. The Bertz CT molecular complexity index is 638. The molecular weight excluding hydrogens is 386 g/mol. The van der Waals surface area contributed by atoms with Crippen molar-refractivity contribution in [3.63, 3.8) is 0 Å². The molecule has 1 aromatic rings. The summed E-state index contributed by atoms with van der Waals surface area (Å²) in [6.45, 7) is 1.11. The first-order chi connectivity index (χ1) is 14.1. The molecule has 4 N–H and O–H groups in total. The van der Waals surface area contributed by atoms with Crippen LogP contribution < -0.4 is 4.74 Å². The largest absolute Gasteiger partial charge is 0.491 e. The lowest BCUT2D eigenvalue weighted by atomic mass is 9.99. The molecular formula is C18H27N3O8. The van der Waals surface area contributed by atoms with Gasteiger partial charge in [0.1, 0.15) is 36.8 Å². The summed E-state index contributed by atoms with van der Waals surface area (Å²) < 4.78 is 21.5. The summed E-state index contributed by atoms with van der Waals surface area (Å²) >= 11 is 0. The van der Waals surface area contributed by atoms with Gasteiger partial charge in [0.25, 0.3) is 0 Å². The Balaban J connectivity index is 1.67. The summed E-state index contributed by atoms with van der Waals surface area (Å²) in [6.07, 6.45) is -5.86. The topological polar surface area (TPSA) is 167 Å². The number of hydrogen-bond acceptors (Lipinski definition) is 9. The van der Waals surface area contributed by atoms with Gasteiger partial charge in [-0.25, -0.2) is 0 Å². The van der Waals surface area contributed by atoms with E-state index in [4.69, 9.17) is 29.6 Å². The summed E-state index contributed by atoms with van der Waals surface area (Å²) in [5, 5.41) is 41.9. The number of hydrogen-bond donors (Lipinski definition) is 4. The van der Waals surface area contributed by atoms with Gasteiger partial charge in [-0.1, -0.05) is 17.2 Å². The summed E-state index contributed by atoms with van der Waals surface area (Å²) in [7, 11) is 0. The quantitative estimate of drug-likeness (QED) is 0.157. The van der Waals surface area contributed by atoms with Gasteiger partial charge in [-0.3, -0.25) is 0 Å². The highest BCUT2D eigenvalue weighted by Crippen LogP contribution is 2.22. The van der Waals surface area contributed by atoms with E-state index in [0.717, 1.165) is 5.56 Å². The van der Waals surface area contributed by atoms with Crippen LogP contribution in [0.25, 0.3) is 10.4 Å². The van der Waals surface area contributed by atoms with E-state index in [1.807, 2.05) is 24.3 Å². The minimum Gasteiger partial charge on any atom is -0.491 e. The third kappa shape index (κ3) is 7.42. The van der Waals surface area contributed by atoms with Crippen LogP contribution in [0.1, 0.15) is 5.56 Å². The fourth-order valence-corrected chi connectivity index (χ4v) is 2.72. The van der Waals surface area contributed by atoms with Gasteiger partial charge in [0.05, 0.1) is 26.4 Å². The van der Waals surface area contributed by atoms with E-state index < -0.39 is 37.3 Å². The minimum atomic E-state index is -1.45. The van der Waals surface area contributed by atoms with Crippen LogP contribution in [0.5, 0.6) is 5.75 Å². The normalized spacial score (nSPS) is 26.7. The van der Waals surface area contributed by atoms with Crippen molar-refractivity contribution in [2.75, 3.05) is 39.6 Å². The van der Waals surface area contributed by atoms with Gasteiger partial charge in [0.15, 0.2) is 6.29 Å². The third-order valence-corrected chi connectivity index (χ3v) is 4.34. The van der Waals surface area contributed by atoms with Crippen LogP contribution in [-0.2, 0) is 20.6 Å². The van der Waals surface area contributed by atoms with Gasteiger partial charge in [0.2, 0.25) is 0 Å². The van der Waals surface area contributed by atoms with Crippen molar-refractivity contribution in [2.45, 2.75) is 37.1 Å². The van der Waals surface area contributed by atoms with Gasteiger partial charge in [0, 0.05) is 11.5 Å². The summed E-state index contributed by atoms with van der Waals surface area (Å²) in [5.74, 6) is 0.683. The number of rotatable bonds is 12. The first kappa shape index (κ1) is 23.3. The van der Waals surface area contributed by atoms with Crippen LogP contribution in [0.2, 0.25) is 0 Å². The summed E-state index contributed by atoms with van der Waals surface area (Å²) in [5.41, 5.74) is 9.10. The average Bonchev–Trinajstić information content (AvgIpc) is 2.74. The van der Waals surface area contributed by atoms with E-state index in [2.05, 4.69) is 10.0 Å². The van der Waals surface area contributed by atoms with Gasteiger partial charge in [-0.2, -0.15) is 0 Å². The molecule has 11 heteroatoms. The molecule has 11 nitrogen and oxygen atoms in total. The van der Waals surface area contributed by atoms with E-state index in [9.17, 15) is 15.3 Å². The van der Waals surface area contributed by atoms with Crippen LogP contribution in [0.3, 0.4) is 0 Å². The van der Waals surface area contributed by atoms with Gasteiger partial charge in [-0.05, 0) is 29.6 Å². The van der Waals surface area contributed by atoms with Crippen LogP contribution >= 0.6 is 0 Å². The van der Waals surface area contributed by atoms with E-state index in [1.54, 1.807) is 0 Å². The monoisotopic (exact) mass is 413 g/mol. The van der Waals surface area contributed by atoms with Crippen molar-refractivity contribution >= 4 is 0 Å². The molecule has 5 atom stereocenters. The smallest absolute Gasteiger partial charge is 0.186 e. The highest BCUT2D eigenvalue weighted by molar-refractivity contribution is 5.27. The Morgan fingerprint density at radius 1 is 1.00 bits per heavy atom. The molecule has 0 amide bonds. The maximum Gasteiger partial charge on any atom is 0.186 e. The number of benzene rings is 1. The molecule has 1 fully saturated rings. The fourth-order valence-electron chi connectivity index (χ4n) is 2.72. The van der Waals surface area contributed by atoms with Crippen molar-refractivity contribution < 1.29 is 39.4 Å². The van der Waals surface area contributed by atoms with Crippen molar-refractivity contribution in [1.82, 2.24) is 0 Å². The highest BCUT2D eigenvalue weighted by Gasteiger charge is 2.43. The average molecular weight is 413 g/mol. The Kier molecular flexibility index (Phi) is 10.1. The second-order valence-electron chi connectivity index (χ2n) is 6.38. The molecule has 1 saturated heterocycles. The number of nitrogens with zero attached hydrogens (tertiary/aromatic N) is 3. The van der Waals surface area contributed by atoms with Gasteiger partial charge >= 0.3 is 0 Å². The first-order valence-corrected chi connectivity index (χ1v) is 9.29. The second kappa shape index (κ2) is 12.6. The molecule has 0 unspecified atom stereocenters. The predicted octanol–water partition coefficient (Wildman–Crippen LogP) is -0.249. The zero-order valence-corrected chi connectivity index (χ0v) is 15.9. The van der Waals surface area contributed by atoms with Gasteiger partial charge in [-0.15, -0.1) is 0 Å². The number of aliphatic hydroxyl groups excluding tert-OH is 4. The molecule has 1 aromatic carbocycles. The Morgan fingerprint density at radius 2 is 1.76 bits per heavy atom. The van der Waals surface area contributed by atoms with E-state index in [1.165, 1.54) is 0 Å². The molecule has 0 aromatic heterocycles. The van der Waals surface area contributed by atoms with Crippen LogP contribution in [0.4, 0.5) is 0 Å². The molecule has 1 aliphatic heterocycles. The van der Waals surface area contributed by atoms with Crippen molar-refractivity contribution in [1.29, 1.82) is 0 Å².